The van der Waals surface area contributed by atoms with Crippen molar-refractivity contribution in [2.75, 3.05) is 40.9 Å². The highest BCUT2D eigenvalue weighted by Crippen LogP contribution is 2.26. The average molecular weight is 538 g/mol. The molecule has 2 N–H and O–H groups in total. The smallest absolute Gasteiger partial charge is 0.191 e. The van der Waals surface area contributed by atoms with E-state index in [1.807, 2.05) is 25.2 Å². The summed E-state index contributed by atoms with van der Waals surface area (Å²) in [4.78, 5) is 6.97. The molecule has 0 radical (unpaired) electrons. The van der Waals surface area contributed by atoms with Crippen LogP contribution in [0.15, 0.2) is 53.5 Å². The van der Waals surface area contributed by atoms with Gasteiger partial charge in [-0.1, -0.05) is 36.4 Å². The van der Waals surface area contributed by atoms with Gasteiger partial charge in [-0.15, -0.1) is 24.0 Å². The summed E-state index contributed by atoms with van der Waals surface area (Å²) in [6, 6.07) is 17.0. The minimum atomic E-state index is 0. The number of nitrogens with one attached hydrogen (secondary N) is 2. The molecule has 31 heavy (non-hydrogen) atoms. The third-order valence-corrected chi connectivity index (χ3v) is 5.63. The topological polar surface area (TPSA) is 58.1 Å². The molecule has 0 amide bonds. The van der Waals surface area contributed by atoms with Crippen LogP contribution in [0, 0.1) is 0 Å². The molecule has 1 heterocycles. The van der Waals surface area contributed by atoms with Crippen molar-refractivity contribution in [3.63, 3.8) is 0 Å². The van der Waals surface area contributed by atoms with Crippen LogP contribution in [0.25, 0.3) is 0 Å². The van der Waals surface area contributed by atoms with Gasteiger partial charge in [-0.3, -0.25) is 9.89 Å². The molecule has 1 atom stereocenters. The molecule has 0 spiro atoms. The van der Waals surface area contributed by atoms with Crippen LogP contribution in [0.3, 0.4) is 0 Å². The number of aliphatic imine (C=N–C) groups is 1. The fraction of sp³-hybridized carbons (Fsp3) is 0.458. The lowest BCUT2D eigenvalue weighted by Gasteiger charge is -2.29. The van der Waals surface area contributed by atoms with Gasteiger partial charge in [-0.25, -0.2) is 0 Å². The zero-order valence-electron chi connectivity index (χ0n) is 18.8. The van der Waals surface area contributed by atoms with E-state index in [-0.39, 0.29) is 24.0 Å². The van der Waals surface area contributed by atoms with Crippen molar-refractivity contribution in [1.82, 2.24) is 15.5 Å². The van der Waals surface area contributed by atoms with Crippen LogP contribution in [0.2, 0.25) is 0 Å². The maximum absolute atomic E-state index is 5.32. The van der Waals surface area contributed by atoms with Gasteiger partial charge in [0.25, 0.3) is 0 Å². The lowest BCUT2D eigenvalue weighted by atomic mass is 10.1. The maximum atomic E-state index is 5.32. The zero-order chi connectivity index (χ0) is 21.2. The van der Waals surface area contributed by atoms with Gasteiger partial charge in [0.05, 0.1) is 19.8 Å². The number of rotatable bonds is 9. The third-order valence-electron chi connectivity index (χ3n) is 5.63. The fourth-order valence-corrected chi connectivity index (χ4v) is 3.96. The Labute approximate surface area is 203 Å². The second-order valence-corrected chi connectivity index (χ2v) is 7.54. The second kappa shape index (κ2) is 13.5. The fourth-order valence-electron chi connectivity index (χ4n) is 3.96. The first-order valence-corrected chi connectivity index (χ1v) is 10.6. The largest absolute Gasteiger partial charge is 0.497 e. The molecular weight excluding hydrogens is 503 g/mol. The third kappa shape index (κ3) is 7.36. The van der Waals surface area contributed by atoms with Crippen molar-refractivity contribution >= 4 is 29.9 Å². The average Bonchev–Trinajstić information content (AvgIpc) is 3.32. The lowest BCUT2D eigenvalue weighted by Crippen LogP contribution is -2.42. The van der Waals surface area contributed by atoms with Gasteiger partial charge in [-0.05, 0) is 54.8 Å². The molecule has 1 saturated heterocycles. The quantitative estimate of drug-likeness (QED) is 0.288. The van der Waals surface area contributed by atoms with E-state index >= 15 is 0 Å². The Balaban J connectivity index is 0.00000341. The Hall–Kier alpha value is -1.84. The summed E-state index contributed by atoms with van der Waals surface area (Å²) in [7, 11) is 5.24. The zero-order valence-corrected chi connectivity index (χ0v) is 21.1. The number of hydrogen-bond donors (Lipinski definition) is 2. The summed E-state index contributed by atoms with van der Waals surface area (Å²) in [5.41, 5.74) is 3.70. The molecule has 2 aromatic carbocycles. The molecular formula is C24H35IN4O2. The lowest BCUT2D eigenvalue weighted by molar-refractivity contribution is 0.184. The predicted octanol–water partition coefficient (Wildman–Crippen LogP) is 3.96. The van der Waals surface area contributed by atoms with E-state index in [0.717, 1.165) is 31.3 Å². The van der Waals surface area contributed by atoms with Crippen molar-refractivity contribution in [2.24, 2.45) is 4.99 Å². The number of halogens is 1. The SMILES string of the molecule is CN=C(NCc1ccccc1COC)NCC(c1ccc(OC)cc1)N1CCCC1.I. The number of likely N-dealkylation sites (tertiary alicyclic amines) is 1. The van der Waals surface area contributed by atoms with Crippen molar-refractivity contribution in [1.29, 1.82) is 0 Å². The van der Waals surface area contributed by atoms with Crippen LogP contribution in [0.4, 0.5) is 0 Å². The highest BCUT2D eigenvalue weighted by Gasteiger charge is 2.23. The van der Waals surface area contributed by atoms with Gasteiger partial charge >= 0.3 is 0 Å². The molecule has 0 aromatic heterocycles. The highest BCUT2D eigenvalue weighted by molar-refractivity contribution is 14.0. The molecule has 7 heteroatoms. The Morgan fingerprint density at radius 1 is 1.00 bits per heavy atom. The van der Waals surface area contributed by atoms with E-state index in [1.165, 1.54) is 29.5 Å². The molecule has 1 fully saturated rings. The normalized spacial score (nSPS) is 15.3. The minimum Gasteiger partial charge on any atom is -0.497 e. The molecule has 1 aliphatic rings. The van der Waals surface area contributed by atoms with Crippen LogP contribution in [-0.2, 0) is 17.9 Å². The summed E-state index contributed by atoms with van der Waals surface area (Å²) < 4.78 is 10.6. The Kier molecular flexibility index (Phi) is 11.1. The molecule has 3 rings (SSSR count). The first-order valence-electron chi connectivity index (χ1n) is 10.6. The van der Waals surface area contributed by atoms with Crippen molar-refractivity contribution in [2.45, 2.75) is 32.0 Å². The van der Waals surface area contributed by atoms with Crippen LogP contribution in [0.1, 0.15) is 35.6 Å². The Bertz CT molecular complexity index is 807. The first kappa shape index (κ1) is 25.4. The second-order valence-electron chi connectivity index (χ2n) is 7.54. The molecule has 1 aliphatic heterocycles. The molecule has 0 aliphatic carbocycles. The number of nitrogens with zero attached hydrogens (tertiary/aromatic N) is 2. The first-order chi connectivity index (χ1) is 14.7. The van der Waals surface area contributed by atoms with Gasteiger partial charge < -0.3 is 20.1 Å². The summed E-state index contributed by atoms with van der Waals surface area (Å²) in [5.74, 6) is 1.69. The van der Waals surface area contributed by atoms with E-state index in [4.69, 9.17) is 9.47 Å². The molecule has 1 unspecified atom stereocenters. The monoisotopic (exact) mass is 538 g/mol. The Morgan fingerprint density at radius 2 is 1.68 bits per heavy atom. The van der Waals surface area contributed by atoms with Crippen LogP contribution >= 0.6 is 24.0 Å². The van der Waals surface area contributed by atoms with Gasteiger partial charge in [0.2, 0.25) is 0 Å². The molecule has 0 saturated carbocycles. The van der Waals surface area contributed by atoms with E-state index < -0.39 is 0 Å². The van der Waals surface area contributed by atoms with Crippen LogP contribution in [0.5, 0.6) is 5.75 Å². The Morgan fingerprint density at radius 3 is 2.29 bits per heavy atom. The van der Waals surface area contributed by atoms with Gasteiger partial charge in [0.1, 0.15) is 5.75 Å². The molecule has 0 bridgehead atoms. The van der Waals surface area contributed by atoms with E-state index in [0.29, 0.717) is 19.2 Å². The molecule has 6 nitrogen and oxygen atoms in total. The van der Waals surface area contributed by atoms with Gasteiger partial charge in [-0.2, -0.15) is 0 Å². The minimum absolute atomic E-state index is 0. The summed E-state index contributed by atoms with van der Waals surface area (Å²) in [5, 5.41) is 6.97. The molecule has 2 aromatic rings. The highest BCUT2D eigenvalue weighted by atomic mass is 127. The predicted molar refractivity (Wildman–Crippen MR) is 137 cm³/mol. The molecule has 170 valence electrons. The van der Waals surface area contributed by atoms with Crippen molar-refractivity contribution in [3.8, 4) is 5.75 Å². The summed E-state index contributed by atoms with van der Waals surface area (Å²) >= 11 is 0. The standard InChI is InChI=1S/C24H34N4O2.HI/c1-25-24(26-16-20-8-4-5-9-21(20)18-29-2)27-17-23(28-14-6-7-15-28)19-10-12-22(30-3)13-11-19;/h4-5,8-13,23H,6-7,14-18H2,1-3H3,(H2,25,26,27);1H. The number of ether oxygens (including phenoxy) is 2. The van der Waals surface area contributed by atoms with Crippen molar-refractivity contribution < 1.29 is 9.47 Å². The summed E-state index contributed by atoms with van der Waals surface area (Å²) in [6.45, 7) is 4.38. The van der Waals surface area contributed by atoms with Gasteiger partial charge in [0.15, 0.2) is 5.96 Å². The van der Waals surface area contributed by atoms with Crippen LogP contribution in [-0.4, -0.2) is 51.8 Å². The number of methoxy groups -OCH3 is 2. The van der Waals surface area contributed by atoms with Crippen molar-refractivity contribution in [3.05, 3.63) is 65.2 Å². The van der Waals surface area contributed by atoms with E-state index in [1.54, 1.807) is 14.2 Å². The van der Waals surface area contributed by atoms with E-state index in [2.05, 4.69) is 50.9 Å². The van der Waals surface area contributed by atoms with Crippen LogP contribution < -0.4 is 15.4 Å². The maximum Gasteiger partial charge on any atom is 0.191 e. The van der Waals surface area contributed by atoms with Gasteiger partial charge in [0, 0.05) is 27.2 Å². The summed E-state index contributed by atoms with van der Waals surface area (Å²) in [6.07, 6.45) is 2.52. The number of hydrogen-bond acceptors (Lipinski definition) is 4. The number of benzene rings is 2. The number of guanidine groups is 1. The van der Waals surface area contributed by atoms with E-state index in [9.17, 15) is 0 Å².